The first kappa shape index (κ1) is 30.7. The lowest BCUT2D eigenvalue weighted by Gasteiger charge is -2.32. The Kier molecular flexibility index (Phi) is 9.62. The number of benzene rings is 3. The molecule has 3 aromatic rings. The minimum Gasteiger partial charge on any atom is -0.355 e. The second kappa shape index (κ2) is 12.5. The monoisotopic (exact) mass is 575 g/mol. The number of nitrogens with one attached hydrogen (secondary N) is 1. The average Bonchev–Trinajstić information content (AvgIpc) is 2.90. The second-order valence-corrected chi connectivity index (χ2v) is 11.3. The zero-order chi connectivity index (χ0) is 29.7. The molecule has 3 rings (SSSR count). The van der Waals surface area contributed by atoms with Crippen LogP contribution in [-0.4, -0.2) is 44.3 Å². The number of halogens is 3. The molecule has 1 atom stereocenters. The van der Waals surface area contributed by atoms with Crippen LogP contribution in [0.3, 0.4) is 0 Å². The smallest absolute Gasteiger partial charge is 0.355 e. The molecule has 0 fully saturated rings. The van der Waals surface area contributed by atoms with Crippen molar-refractivity contribution < 1.29 is 31.2 Å². The third-order valence-electron chi connectivity index (χ3n) is 6.47. The van der Waals surface area contributed by atoms with Crippen LogP contribution in [0.15, 0.2) is 77.7 Å². The quantitative estimate of drug-likeness (QED) is 0.366. The number of nitrogens with zero attached hydrogens (tertiary/aromatic N) is 2. The minimum absolute atomic E-state index is 0.00911. The van der Waals surface area contributed by atoms with Gasteiger partial charge >= 0.3 is 6.18 Å². The second-order valence-electron chi connectivity index (χ2n) is 9.39. The predicted molar refractivity (Wildman–Crippen MR) is 147 cm³/mol. The van der Waals surface area contributed by atoms with E-state index in [2.05, 4.69) is 5.32 Å². The van der Waals surface area contributed by atoms with Crippen LogP contribution in [0.2, 0.25) is 0 Å². The molecule has 0 spiro atoms. The number of carbonyl (C=O) groups is 2. The van der Waals surface area contributed by atoms with Crippen LogP contribution in [0.1, 0.15) is 36.1 Å². The van der Waals surface area contributed by atoms with Crippen molar-refractivity contribution in [1.29, 1.82) is 0 Å². The van der Waals surface area contributed by atoms with Gasteiger partial charge in [-0.3, -0.25) is 13.9 Å². The molecule has 0 unspecified atom stereocenters. The molecule has 0 aliphatic carbocycles. The van der Waals surface area contributed by atoms with E-state index in [1.807, 2.05) is 19.1 Å². The highest BCUT2D eigenvalue weighted by Crippen LogP contribution is 2.33. The summed E-state index contributed by atoms with van der Waals surface area (Å²) in [7, 11) is -4.48. The van der Waals surface area contributed by atoms with Gasteiger partial charge in [0.1, 0.15) is 12.6 Å². The molecule has 7 nitrogen and oxygen atoms in total. The highest BCUT2D eigenvalue weighted by molar-refractivity contribution is 7.92. The van der Waals surface area contributed by atoms with E-state index < -0.39 is 46.2 Å². The van der Waals surface area contributed by atoms with Gasteiger partial charge in [-0.2, -0.15) is 13.2 Å². The van der Waals surface area contributed by atoms with Crippen molar-refractivity contribution >= 4 is 27.5 Å². The number of rotatable bonds is 10. The maximum Gasteiger partial charge on any atom is 0.416 e. The summed E-state index contributed by atoms with van der Waals surface area (Å²) >= 11 is 0. The largest absolute Gasteiger partial charge is 0.416 e. The van der Waals surface area contributed by atoms with Crippen LogP contribution in [0.25, 0.3) is 0 Å². The van der Waals surface area contributed by atoms with Crippen LogP contribution >= 0.6 is 0 Å². The number of amides is 2. The molecule has 0 aromatic heterocycles. The van der Waals surface area contributed by atoms with Gasteiger partial charge in [0.25, 0.3) is 10.0 Å². The average molecular weight is 576 g/mol. The van der Waals surface area contributed by atoms with Crippen molar-refractivity contribution in [1.82, 2.24) is 10.2 Å². The van der Waals surface area contributed by atoms with Gasteiger partial charge in [-0.05, 0) is 69.2 Å². The van der Waals surface area contributed by atoms with Crippen LogP contribution in [-0.2, 0) is 32.3 Å². The third-order valence-corrected chi connectivity index (χ3v) is 8.26. The Morgan fingerprint density at radius 2 is 1.60 bits per heavy atom. The number of anilines is 1. The van der Waals surface area contributed by atoms with Gasteiger partial charge in [-0.25, -0.2) is 8.42 Å². The van der Waals surface area contributed by atoms with Gasteiger partial charge in [0.15, 0.2) is 0 Å². The number of likely N-dealkylation sites (N-methyl/N-ethyl adjacent to an activating group) is 1. The fourth-order valence-corrected chi connectivity index (χ4v) is 5.49. The first-order valence-corrected chi connectivity index (χ1v) is 14.1. The summed E-state index contributed by atoms with van der Waals surface area (Å²) in [4.78, 5) is 27.6. The number of aryl methyl sites for hydroxylation is 2. The Morgan fingerprint density at radius 1 is 0.950 bits per heavy atom. The first-order chi connectivity index (χ1) is 18.8. The predicted octanol–water partition coefficient (Wildman–Crippen LogP) is 5.07. The molecule has 214 valence electrons. The van der Waals surface area contributed by atoms with E-state index in [0.29, 0.717) is 16.9 Å². The number of carbonyl (C=O) groups excluding carboxylic acids is 2. The van der Waals surface area contributed by atoms with Crippen LogP contribution in [0.5, 0.6) is 0 Å². The van der Waals surface area contributed by atoms with Gasteiger partial charge in [-0.1, -0.05) is 48.0 Å². The van der Waals surface area contributed by atoms with Crippen molar-refractivity contribution in [2.75, 3.05) is 17.4 Å². The number of sulfonamides is 1. The summed E-state index contributed by atoms with van der Waals surface area (Å²) in [5, 5.41) is 2.66. The molecule has 40 heavy (non-hydrogen) atoms. The van der Waals surface area contributed by atoms with Crippen molar-refractivity contribution in [3.63, 3.8) is 0 Å². The van der Waals surface area contributed by atoms with Gasteiger partial charge in [0, 0.05) is 13.1 Å². The Balaban J connectivity index is 2.10. The lowest BCUT2D eigenvalue weighted by atomic mass is 10.1. The fourth-order valence-electron chi connectivity index (χ4n) is 4.08. The first-order valence-electron chi connectivity index (χ1n) is 12.6. The van der Waals surface area contributed by atoms with Crippen molar-refractivity contribution in [3.8, 4) is 0 Å². The van der Waals surface area contributed by atoms with Crippen LogP contribution in [0, 0.1) is 13.8 Å². The minimum atomic E-state index is -4.73. The molecule has 0 aliphatic rings. The topological polar surface area (TPSA) is 86.8 Å². The van der Waals surface area contributed by atoms with Crippen molar-refractivity contribution in [2.45, 2.75) is 51.4 Å². The SMILES string of the molecule is CCNC(=O)[C@@H](C)N(Cc1ccccc1C)C(=O)CN(c1cccc(C(F)(F)F)c1)S(=O)(=O)c1ccc(C)cc1. The van der Waals surface area contributed by atoms with E-state index in [4.69, 9.17) is 0 Å². The lowest BCUT2D eigenvalue weighted by molar-refractivity contribution is -0.139. The molecule has 2 amide bonds. The van der Waals surface area contributed by atoms with Gasteiger partial charge in [0.2, 0.25) is 11.8 Å². The third kappa shape index (κ3) is 7.20. The summed E-state index contributed by atoms with van der Waals surface area (Å²) in [6, 6.07) is 15.8. The van der Waals surface area contributed by atoms with E-state index in [0.717, 1.165) is 28.8 Å². The van der Waals surface area contributed by atoms with Crippen molar-refractivity contribution in [2.24, 2.45) is 0 Å². The van der Waals surface area contributed by atoms with E-state index in [-0.39, 0.29) is 17.1 Å². The molecule has 0 bridgehead atoms. The zero-order valence-electron chi connectivity index (χ0n) is 22.7. The normalized spacial score (nSPS) is 12.5. The highest BCUT2D eigenvalue weighted by Gasteiger charge is 2.35. The van der Waals surface area contributed by atoms with Crippen LogP contribution in [0.4, 0.5) is 18.9 Å². The molecular formula is C29H32F3N3O4S. The molecule has 11 heteroatoms. The van der Waals surface area contributed by atoms with Gasteiger partial charge in [0.05, 0.1) is 16.1 Å². The number of hydrogen-bond acceptors (Lipinski definition) is 4. The zero-order valence-corrected chi connectivity index (χ0v) is 23.5. The maximum absolute atomic E-state index is 13.8. The summed E-state index contributed by atoms with van der Waals surface area (Å²) in [6.07, 6.45) is -4.73. The molecule has 0 radical (unpaired) electrons. The Labute approximate surface area is 232 Å². The van der Waals surface area contributed by atoms with E-state index in [9.17, 15) is 31.2 Å². The molecule has 0 saturated heterocycles. The highest BCUT2D eigenvalue weighted by atomic mass is 32.2. The molecule has 0 saturated carbocycles. The molecular weight excluding hydrogens is 543 g/mol. The summed E-state index contributed by atoms with van der Waals surface area (Å²) < 4.78 is 68.8. The molecule has 0 aliphatic heterocycles. The standard InChI is InChI=1S/C29H32F3N3O4S/c1-5-33-28(37)22(4)34(18-23-10-7-6-9-21(23)3)27(36)19-35(25-12-8-11-24(17-25)29(30,31)32)40(38,39)26-15-13-20(2)14-16-26/h6-17,22H,5,18-19H2,1-4H3,(H,33,37)/t22-/m1/s1. The summed E-state index contributed by atoms with van der Waals surface area (Å²) in [5.74, 6) is -1.20. The molecule has 0 heterocycles. The van der Waals surface area contributed by atoms with Crippen molar-refractivity contribution in [3.05, 3.63) is 95.1 Å². The summed E-state index contributed by atoms with van der Waals surface area (Å²) in [6.45, 7) is 6.32. The van der Waals surface area contributed by atoms with Gasteiger partial charge < -0.3 is 10.2 Å². The fraction of sp³-hybridized carbons (Fsp3) is 0.310. The number of hydrogen-bond donors (Lipinski definition) is 1. The van der Waals surface area contributed by atoms with E-state index >= 15 is 0 Å². The Morgan fingerprint density at radius 3 is 2.20 bits per heavy atom. The lowest BCUT2D eigenvalue weighted by Crippen LogP contribution is -2.51. The number of alkyl halides is 3. The summed E-state index contributed by atoms with van der Waals surface area (Å²) in [5.41, 5.74) is 0.976. The van der Waals surface area contributed by atoms with Crippen LogP contribution < -0.4 is 9.62 Å². The maximum atomic E-state index is 13.8. The van der Waals surface area contributed by atoms with Gasteiger partial charge in [-0.15, -0.1) is 0 Å². The van der Waals surface area contributed by atoms with E-state index in [1.165, 1.54) is 30.0 Å². The molecule has 1 N–H and O–H groups in total. The Hall–Kier alpha value is -3.86. The molecule has 3 aromatic carbocycles. The van der Waals surface area contributed by atoms with E-state index in [1.54, 1.807) is 38.1 Å². The Bertz CT molecular complexity index is 1460.